The Morgan fingerprint density at radius 2 is 1.90 bits per heavy atom. The van der Waals surface area contributed by atoms with E-state index in [-0.39, 0.29) is 0 Å². The second kappa shape index (κ2) is 5.47. The highest BCUT2D eigenvalue weighted by molar-refractivity contribution is 5.73. The highest BCUT2D eigenvalue weighted by Crippen LogP contribution is 2.20. The molecular weight excluding hydrogens is 248 g/mol. The molecule has 3 aromatic rings. The zero-order valence-electron chi connectivity index (χ0n) is 11.6. The van der Waals surface area contributed by atoms with E-state index in [4.69, 9.17) is 10.2 Å². The lowest BCUT2D eigenvalue weighted by Crippen LogP contribution is -2.01. The minimum atomic E-state index is 0.538. The summed E-state index contributed by atoms with van der Waals surface area (Å²) in [5.74, 6) is 0.745. The van der Waals surface area contributed by atoms with Crippen LogP contribution >= 0.6 is 0 Å². The Morgan fingerprint density at radius 3 is 2.65 bits per heavy atom. The molecule has 3 rings (SSSR count). The number of nitrogens with zero attached hydrogens (tertiary/aromatic N) is 1. The van der Waals surface area contributed by atoms with Crippen LogP contribution in [0.4, 0.5) is 0 Å². The first kappa shape index (κ1) is 12.9. The van der Waals surface area contributed by atoms with Gasteiger partial charge < -0.3 is 10.2 Å². The molecule has 0 saturated heterocycles. The van der Waals surface area contributed by atoms with E-state index in [1.54, 1.807) is 0 Å². The van der Waals surface area contributed by atoms with Crippen LogP contribution in [0.3, 0.4) is 0 Å². The molecule has 0 bridgehead atoms. The maximum Gasteiger partial charge on any atom is 0.199 e. The molecule has 102 valence electrons. The van der Waals surface area contributed by atoms with Crippen LogP contribution in [0.25, 0.3) is 11.1 Å². The maximum atomic E-state index is 5.82. The van der Waals surface area contributed by atoms with Gasteiger partial charge in [0.2, 0.25) is 0 Å². The van der Waals surface area contributed by atoms with E-state index in [0.717, 1.165) is 29.0 Å². The summed E-state index contributed by atoms with van der Waals surface area (Å²) in [5, 5.41) is 0. The third kappa shape index (κ3) is 2.45. The number of hydrogen-bond acceptors (Lipinski definition) is 3. The molecule has 1 aromatic heterocycles. The molecule has 0 aliphatic heterocycles. The monoisotopic (exact) mass is 266 g/mol. The van der Waals surface area contributed by atoms with Crippen LogP contribution in [0.1, 0.15) is 29.5 Å². The van der Waals surface area contributed by atoms with Gasteiger partial charge in [0.25, 0.3) is 0 Å². The zero-order chi connectivity index (χ0) is 13.9. The summed E-state index contributed by atoms with van der Waals surface area (Å²) >= 11 is 0. The number of aryl methyl sites for hydroxylation is 1. The second-order valence-corrected chi connectivity index (χ2v) is 4.91. The third-order valence-electron chi connectivity index (χ3n) is 3.58. The molecule has 0 spiro atoms. The smallest absolute Gasteiger partial charge is 0.199 e. The van der Waals surface area contributed by atoms with E-state index in [2.05, 4.69) is 30.1 Å². The quantitative estimate of drug-likeness (QED) is 0.787. The molecule has 1 heterocycles. The molecule has 0 unspecified atom stereocenters. The van der Waals surface area contributed by atoms with Gasteiger partial charge in [-0.05, 0) is 35.2 Å². The highest BCUT2D eigenvalue weighted by atomic mass is 16.3. The van der Waals surface area contributed by atoms with Gasteiger partial charge in [0, 0.05) is 13.0 Å². The first-order valence-corrected chi connectivity index (χ1v) is 6.95. The second-order valence-electron chi connectivity index (χ2n) is 4.91. The molecular formula is C17H18N2O. The average Bonchev–Trinajstić information content (AvgIpc) is 2.89. The zero-order valence-corrected chi connectivity index (χ0v) is 11.6. The van der Waals surface area contributed by atoms with Crippen LogP contribution in [0.2, 0.25) is 0 Å². The Bertz CT molecular complexity index is 731. The van der Waals surface area contributed by atoms with Crippen LogP contribution in [-0.2, 0) is 19.4 Å². The van der Waals surface area contributed by atoms with Crippen molar-refractivity contribution in [3.63, 3.8) is 0 Å². The van der Waals surface area contributed by atoms with Gasteiger partial charge in [-0.15, -0.1) is 0 Å². The molecule has 3 heteroatoms. The van der Waals surface area contributed by atoms with Gasteiger partial charge in [0.05, 0.1) is 0 Å². The fourth-order valence-electron chi connectivity index (χ4n) is 2.41. The van der Waals surface area contributed by atoms with E-state index in [9.17, 15) is 0 Å². The summed E-state index contributed by atoms with van der Waals surface area (Å²) < 4.78 is 5.82. The van der Waals surface area contributed by atoms with Crippen LogP contribution in [0.15, 0.2) is 46.9 Å². The van der Waals surface area contributed by atoms with Crippen LogP contribution < -0.4 is 5.73 Å². The molecule has 0 fully saturated rings. The van der Waals surface area contributed by atoms with E-state index in [1.807, 2.05) is 24.3 Å². The first-order chi connectivity index (χ1) is 9.80. The summed E-state index contributed by atoms with van der Waals surface area (Å²) in [6, 6.07) is 14.3. The Morgan fingerprint density at radius 1 is 1.10 bits per heavy atom. The summed E-state index contributed by atoms with van der Waals surface area (Å²) in [4.78, 5) is 4.58. The number of oxazole rings is 1. The van der Waals surface area contributed by atoms with Crippen LogP contribution in [-0.4, -0.2) is 4.98 Å². The number of nitrogens with two attached hydrogens (primary N) is 1. The minimum Gasteiger partial charge on any atom is -0.440 e. The normalized spacial score (nSPS) is 11.1. The molecule has 0 radical (unpaired) electrons. The standard InChI is InChI=1S/C17H18N2O/c1-2-12-7-8-16-15(9-12)19-17(20-16)10-13-5-3-4-6-14(13)11-18/h3-9H,2,10-11,18H2,1H3. The van der Waals surface area contributed by atoms with Crippen molar-refractivity contribution in [3.8, 4) is 0 Å². The van der Waals surface area contributed by atoms with E-state index in [1.165, 1.54) is 11.1 Å². The van der Waals surface area contributed by atoms with Gasteiger partial charge in [-0.3, -0.25) is 0 Å². The van der Waals surface area contributed by atoms with Gasteiger partial charge in [0.15, 0.2) is 11.5 Å². The van der Waals surface area contributed by atoms with Crippen LogP contribution in [0, 0.1) is 0 Å². The van der Waals surface area contributed by atoms with Crippen molar-refractivity contribution in [3.05, 3.63) is 65.0 Å². The van der Waals surface area contributed by atoms with Gasteiger partial charge in [-0.2, -0.15) is 0 Å². The largest absolute Gasteiger partial charge is 0.440 e. The minimum absolute atomic E-state index is 0.538. The first-order valence-electron chi connectivity index (χ1n) is 6.95. The van der Waals surface area contributed by atoms with Crippen molar-refractivity contribution in [2.45, 2.75) is 26.3 Å². The molecule has 0 aliphatic carbocycles. The summed E-state index contributed by atoms with van der Waals surface area (Å²) in [7, 11) is 0. The average molecular weight is 266 g/mol. The Kier molecular flexibility index (Phi) is 3.52. The summed E-state index contributed by atoms with van der Waals surface area (Å²) in [6.07, 6.45) is 1.69. The van der Waals surface area contributed by atoms with Crippen molar-refractivity contribution in [1.82, 2.24) is 4.98 Å². The van der Waals surface area contributed by atoms with Crippen LogP contribution in [0.5, 0.6) is 0 Å². The summed E-state index contributed by atoms with van der Waals surface area (Å²) in [6.45, 7) is 2.68. The number of hydrogen-bond donors (Lipinski definition) is 1. The Hall–Kier alpha value is -2.13. The lowest BCUT2D eigenvalue weighted by molar-refractivity contribution is 0.543. The Balaban J connectivity index is 1.94. The molecule has 0 amide bonds. The molecule has 2 aromatic carbocycles. The van der Waals surface area contributed by atoms with Crippen molar-refractivity contribution in [1.29, 1.82) is 0 Å². The van der Waals surface area contributed by atoms with Gasteiger partial charge in [0.1, 0.15) is 5.52 Å². The molecule has 0 aliphatic rings. The predicted molar refractivity (Wildman–Crippen MR) is 80.5 cm³/mol. The maximum absolute atomic E-state index is 5.82. The number of fused-ring (bicyclic) bond motifs is 1. The fourth-order valence-corrected chi connectivity index (χ4v) is 2.41. The Labute approximate surface area is 118 Å². The SMILES string of the molecule is CCc1ccc2oc(Cc3ccccc3CN)nc2c1. The van der Waals surface area contributed by atoms with Gasteiger partial charge >= 0.3 is 0 Å². The number of rotatable bonds is 4. The number of benzene rings is 2. The topological polar surface area (TPSA) is 52.0 Å². The third-order valence-corrected chi connectivity index (χ3v) is 3.58. The van der Waals surface area contributed by atoms with Crippen molar-refractivity contribution in [2.24, 2.45) is 5.73 Å². The molecule has 20 heavy (non-hydrogen) atoms. The summed E-state index contributed by atoms with van der Waals surface area (Å²) in [5.41, 5.74) is 11.1. The van der Waals surface area contributed by atoms with Crippen molar-refractivity contribution in [2.75, 3.05) is 0 Å². The van der Waals surface area contributed by atoms with Gasteiger partial charge in [-0.1, -0.05) is 37.3 Å². The van der Waals surface area contributed by atoms with E-state index in [0.29, 0.717) is 13.0 Å². The van der Waals surface area contributed by atoms with E-state index >= 15 is 0 Å². The lowest BCUT2D eigenvalue weighted by atomic mass is 10.0. The van der Waals surface area contributed by atoms with E-state index < -0.39 is 0 Å². The molecule has 0 saturated carbocycles. The van der Waals surface area contributed by atoms with Crippen molar-refractivity contribution < 1.29 is 4.42 Å². The van der Waals surface area contributed by atoms with Crippen molar-refractivity contribution >= 4 is 11.1 Å². The number of aromatic nitrogens is 1. The molecule has 0 atom stereocenters. The molecule has 3 nitrogen and oxygen atoms in total. The highest BCUT2D eigenvalue weighted by Gasteiger charge is 2.09. The molecule has 2 N–H and O–H groups in total. The fraction of sp³-hybridized carbons (Fsp3) is 0.235. The predicted octanol–water partition coefficient (Wildman–Crippen LogP) is 3.44. The van der Waals surface area contributed by atoms with Gasteiger partial charge in [-0.25, -0.2) is 4.98 Å². The lowest BCUT2D eigenvalue weighted by Gasteiger charge is -2.04.